The molecule has 1 fully saturated rings. The maximum Gasteiger partial charge on any atom is 0.224 e. The third kappa shape index (κ3) is 6.11. The quantitative estimate of drug-likeness (QED) is 0.893. The first-order chi connectivity index (χ1) is 8.54. The van der Waals surface area contributed by atoms with Gasteiger partial charge in [-0.25, -0.2) is 4.98 Å². The molecule has 1 aliphatic heterocycles. The SMILES string of the molecule is CC(C)(C)CNc1nccc(N2CCNCC2)n1.Cl.Cl. The molecule has 0 aromatic carbocycles. The molecule has 116 valence electrons. The number of nitrogens with one attached hydrogen (secondary N) is 2. The Morgan fingerprint density at radius 3 is 2.50 bits per heavy atom. The van der Waals surface area contributed by atoms with Gasteiger partial charge in [-0.15, -0.1) is 24.8 Å². The van der Waals surface area contributed by atoms with E-state index in [1.54, 1.807) is 0 Å². The number of hydrogen-bond donors (Lipinski definition) is 2. The summed E-state index contributed by atoms with van der Waals surface area (Å²) in [6, 6.07) is 1.98. The van der Waals surface area contributed by atoms with Gasteiger partial charge in [0, 0.05) is 38.9 Å². The lowest BCUT2D eigenvalue weighted by molar-refractivity contribution is 0.441. The molecule has 1 aliphatic rings. The lowest BCUT2D eigenvalue weighted by Crippen LogP contribution is -2.44. The molecule has 1 aromatic heterocycles. The molecule has 7 heteroatoms. The first kappa shape index (κ1) is 19.2. The van der Waals surface area contributed by atoms with Gasteiger partial charge in [0.25, 0.3) is 0 Å². The van der Waals surface area contributed by atoms with E-state index < -0.39 is 0 Å². The second-order valence-electron chi connectivity index (χ2n) is 5.89. The summed E-state index contributed by atoms with van der Waals surface area (Å²) in [4.78, 5) is 11.1. The minimum Gasteiger partial charge on any atom is -0.354 e. The second-order valence-corrected chi connectivity index (χ2v) is 5.89. The molecular weight excluding hydrogens is 297 g/mol. The van der Waals surface area contributed by atoms with Gasteiger partial charge in [-0.3, -0.25) is 0 Å². The van der Waals surface area contributed by atoms with Crippen LogP contribution in [0.5, 0.6) is 0 Å². The van der Waals surface area contributed by atoms with E-state index >= 15 is 0 Å². The fraction of sp³-hybridized carbons (Fsp3) is 0.692. The van der Waals surface area contributed by atoms with Crippen LogP contribution in [0, 0.1) is 5.41 Å². The highest BCUT2D eigenvalue weighted by molar-refractivity contribution is 5.85. The van der Waals surface area contributed by atoms with E-state index in [1.165, 1.54) is 0 Å². The summed E-state index contributed by atoms with van der Waals surface area (Å²) in [6.07, 6.45) is 1.83. The molecule has 0 aliphatic carbocycles. The van der Waals surface area contributed by atoms with Gasteiger partial charge in [0.1, 0.15) is 5.82 Å². The highest BCUT2D eigenvalue weighted by Crippen LogP contribution is 2.16. The molecular formula is C13H25Cl2N5. The van der Waals surface area contributed by atoms with Gasteiger partial charge in [0.15, 0.2) is 0 Å². The third-order valence-corrected chi connectivity index (χ3v) is 2.86. The summed E-state index contributed by atoms with van der Waals surface area (Å²) in [5, 5.41) is 6.64. The first-order valence-corrected chi connectivity index (χ1v) is 6.57. The van der Waals surface area contributed by atoms with Crippen LogP contribution in [0.2, 0.25) is 0 Å². The molecule has 2 rings (SSSR count). The highest BCUT2D eigenvalue weighted by atomic mass is 35.5. The van der Waals surface area contributed by atoms with E-state index in [4.69, 9.17) is 0 Å². The maximum atomic E-state index is 4.58. The fourth-order valence-electron chi connectivity index (χ4n) is 1.85. The van der Waals surface area contributed by atoms with Gasteiger partial charge < -0.3 is 15.5 Å². The van der Waals surface area contributed by atoms with Gasteiger partial charge in [-0.05, 0) is 11.5 Å². The van der Waals surface area contributed by atoms with E-state index in [2.05, 4.69) is 46.3 Å². The van der Waals surface area contributed by atoms with Gasteiger partial charge >= 0.3 is 0 Å². The van der Waals surface area contributed by atoms with Crippen molar-refractivity contribution < 1.29 is 0 Å². The Balaban J connectivity index is 0.00000180. The molecule has 2 heterocycles. The Morgan fingerprint density at radius 2 is 1.90 bits per heavy atom. The lowest BCUT2D eigenvalue weighted by Gasteiger charge is -2.28. The standard InChI is InChI=1S/C13H23N5.2ClH/c1-13(2,3)10-16-12-15-5-4-11(17-12)18-8-6-14-7-9-18;;/h4-5,14H,6-10H2,1-3H3,(H,15,16,17);2*1H. The fourth-order valence-corrected chi connectivity index (χ4v) is 1.85. The molecule has 0 amide bonds. The number of aromatic nitrogens is 2. The molecule has 1 aromatic rings. The lowest BCUT2D eigenvalue weighted by atomic mass is 9.97. The van der Waals surface area contributed by atoms with E-state index in [0.717, 1.165) is 44.5 Å². The minimum atomic E-state index is 0. The Hall–Kier alpha value is -0.780. The normalized spacial score (nSPS) is 15.1. The average molecular weight is 322 g/mol. The average Bonchev–Trinajstić information content (AvgIpc) is 2.37. The zero-order chi connectivity index (χ0) is 13.0. The van der Waals surface area contributed by atoms with Crippen molar-refractivity contribution in [1.29, 1.82) is 0 Å². The van der Waals surface area contributed by atoms with Crippen LogP contribution in [0.3, 0.4) is 0 Å². The van der Waals surface area contributed by atoms with Crippen molar-refractivity contribution in [2.24, 2.45) is 5.41 Å². The Labute approximate surface area is 133 Å². The summed E-state index contributed by atoms with van der Waals surface area (Å²) in [6.45, 7) is 11.5. The van der Waals surface area contributed by atoms with Gasteiger partial charge in [0.2, 0.25) is 5.95 Å². The second kappa shape index (κ2) is 8.49. The van der Waals surface area contributed by atoms with Crippen molar-refractivity contribution in [3.05, 3.63) is 12.3 Å². The summed E-state index contributed by atoms with van der Waals surface area (Å²) in [7, 11) is 0. The van der Waals surface area contributed by atoms with Crippen molar-refractivity contribution in [3.63, 3.8) is 0 Å². The molecule has 0 radical (unpaired) electrons. The van der Waals surface area contributed by atoms with Crippen LogP contribution >= 0.6 is 24.8 Å². The Morgan fingerprint density at radius 1 is 1.25 bits per heavy atom. The Kier molecular flexibility index (Phi) is 8.16. The van der Waals surface area contributed by atoms with Crippen LogP contribution in [0.1, 0.15) is 20.8 Å². The monoisotopic (exact) mass is 321 g/mol. The first-order valence-electron chi connectivity index (χ1n) is 6.57. The van der Waals surface area contributed by atoms with Crippen LogP contribution in [-0.4, -0.2) is 42.7 Å². The molecule has 0 atom stereocenters. The Bertz CT molecular complexity index is 389. The molecule has 1 saturated heterocycles. The molecule has 5 nitrogen and oxygen atoms in total. The summed E-state index contributed by atoms with van der Waals surface area (Å²) < 4.78 is 0. The molecule has 0 spiro atoms. The topological polar surface area (TPSA) is 53.1 Å². The van der Waals surface area contributed by atoms with Crippen molar-refractivity contribution in [2.75, 3.05) is 42.9 Å². The van der Waals surface area contributed by atoms with Crippen molar-refractivity contribution in [1.82, 2.24) is 15.3 Å². The molecule has 20 heavy (non-hydrogen) atoms. The van der Waals surface area contributed by atoms with Gasteiger partial charge in [-0.2, -0.15) is 4.98 Å². The van der Waals surface area contributed by atoms with Crippen molar-refractivity contribution >= 4 is 36.6 Å². The summed E-state index contributed by atoms with van der Waals surface area (Å²) in [5.41, 5.74) is 0.231. The van der Waals surface area contributed by atoms with Crippen LogP contribution < -0.4 is 15.5 Å². The highest BCUT2D eigenvalue weighted by Gasteiger charge is 2.13. The molecule has 2 N–H and O–H groups in total. The predicted octanol–water partition coefficient (Wildman–Crippen LogP) is 2.19. The molecule has 0 unspecified atom stereocenters. The van der Waals surface area contributed by atoms with Gasteiger partial charge in [0.05, 0.1) is 0 Å². The van der Waals surface area contributed by atoms with Gasteiger partial charge in [-0.1, -0.05) is 20.8 Å². The predicted molar refractivity (Wildman–Crippen MR) is 89.6 cm³/mol. The van der Waals surface area contributed by atoms with E-state index in [9.17, 15) is 0 Å². The van der Waals surface area contributed by atoms with E-state index in [1.807, 2.05) is 12.3 Å². The van der Waals surface area contributed by atoms with Crippen LogP contribution in [0.15, 0.2) is 12.3 Å². The third-order valence-electron chi connectivity index (χ3n) is 2.86. The largest absolute Gasteiger partial charge is 0.354 e. The number of rotatable bonds is 3. The molecule has 0 saturated carbocycles. The minimum absolute atomic E-state index is 0. The maximum absolute atomic E-state index is 4.58. The smallest absolute Gasteiger partial charge is 0.224 e. The number of nitrogens with zero attached hydrogens (tertiary/aromatic N) is 3. The molecule has 0 bridgehead atoms. The van der Waals surface area contributed by atoms with Crippen LogP contribution in [0.4, 0.5) is 11.8 Å². The van der Waals surface area contributed by atoms with E-state index in [-0.39, 0.29) is 30.2 Å². The van der Waals surface area contributed by atoms with Crippen LogP contribution in [-0.2, 0) is 0 Å². The van der Waals surface area contributed by atoms with Crippen LogP contribution in [0.25, 0.3) is 0 Å². The number of halogens is 2. The van der Waals surface area contributed by atoms with E-state index in [0.29, 0.717) is 0 Å². The van der Waals surface area contributed by atoms with Crippen molar-refractivity contribution in [3.8, 4) is 0 Å². The summed E-state index contributed by atoms with van der Waals surface area (Å²) >= 11 is 0. The summed E-state index contributed by atoms with van der Waals surface area (Å²) in [5.74, 6) is 1.74. The number of piperazine rings is 1. The number of anilines is 2. The zero-order valence-corrected chi connectivity index (χ0v) is 14.0. The zero-order valence-electron chi connectivity index (χ0n) is 12.3. The number of hydrogen-bond acceptors (Lipinski definition) is 5. The van der Waals surface area contributed by atoms with Crippen molar-refractivity contribution in [2.45, 2.75) is 20.8 Å².